The molecule has 0 aromatic heterocycles. The Morgan fingerprint density at radius 2 is 1.65 bits per heavy atom. The van der Waals surface area contributed by atoms with E-state index >= 15 is 0 Å². The van der Waals surface area contributed by atoms with Crippen LogP contribution in [0, 0.1) is 5.82 Å². The fourth-order valence-corrected chi connectivity index (χ4v) is 4.88. The van der Waals surface area contributed by atoms with Crippen molar-refractivity contribution < 1.29 is 27.1 Å². The summed E-state index contributed by atoms with van der Waals surface area (Å²) >= 11 is 0. The number of carbonyl (C=O) groups excluding carboxylic acids is 1. The van der Waals surface area contributed by atoms with E-state index in [1.54, 1.807) is 60.7 Å². The van der Waals surface area contributed by atoms with Crippen LogP contribution >= 0.6 is 0 Å². The largest absolute Gasteiger partial charge is 0.489 e. The Morgan fingerprint density at radius 3 is 2.35 bits per heavy atom. The highest BCUT2D eigenvalue weighted by molar-refractivity contribution is 7.89. The Balaban J connectivity index is 1.32. The van der Waals surface area contributed by atoms with Gasteiger partial charge in [0, 0.05) is 25.2 Å². The summed E-state index contributed by atoms with van der Waals surface area (Å²) in [5, 5.41) is 2.83. The third-order valence-electron chi connectivity index (χ3n) is 5.40. The molecular weight excluding hydrogens is 459 g/mol. The third kappa shape index (κ3) is 5.99. The smallest absolute Gasteiger partial charge is 0.251 e. The lowest BCUT2D eigenvalue weighted by Crippen LogP contribution is -2.40. The minimum atomic E-state index is -3.55. The summed E-state index contributed by atoms with van der Waals surface area (Å²) < 4.78 is 50.8. The zero-order valence-electron chi connectivity index (χ0n) is 18.4. The molecule has 0 atom stereocenters. The number of amides is 1. The van der Waals surface area contributed by atoms with Crippen LogP contribution in [0.4, 0.5) is 4.39 Å². The molecule has 0 aliphatic carbocycles. The van der Waals surface area contributed by atoms with E-state index in [4.69, 9.17) is 9.47 Å². The summed E-state index contributed by atoms with van der Waals surface area (Å²) in [7, 11) is -3.55. The van der Waals surface area contributed by atoms with Crippen LogP contribution in [0.15, 0.2) is 77.7 Å². The normalized spacial score (nSPS) is 14.5. The van der Waals surface area contributed by atoms with Crippen molar-refractivity contribution >= 4 is 15.9 Å². The predicted molar refractivity (Wildman–Crippen MR) is 124 cm³/mol. The second kappa shape index (κ2) is 10.8. The Labute approximate surface area is 198 Å². The van der Waals surface area contributed by atoms with Gasteiger partial charge in [-0.3, -0.25) is 4.79 Å². The van der Waals surface area contributed by atoms with Gasteiger partial charge in [0.25, 0.3) is 5.91 Å². The quantitative estimate of drug-likeness (QED) is 0.530. The Bertz CT molecular complexity index is 1220. The fourth-order valence-electron chi connectivity index (χ4n) is 3.47. The molecule has 4 rings (SSSR count). The van der Waals surface area contributed by atoms with Gasteiger partial charge in [0.15, 0.2) is 0 Å². The summed E-state index contributed by atoms with van der Waals surface area (Å²) in [6, 6.07) is 19.3. The zero-order chi connectivity index (χ0) is 24.0. The average Bonchev–Trinajstić information content (AvgIpc) is 2.88. The summed E-state index contributed by atoms with van der Waals surface area (Å²) in [6.45, 7) is 1.96. The van der Waals surface area contributed by atoms with Crippen molar-refractivity contribution in [3.8, 4) is 5.75 Å². The number of rotatable bonds is 8. The van der Waals surface area contributed by atoms with E-state index in [9.17, 15) is 17.6 Å². The first kappa shape index (κ1) is 23.9. The molecule has 1 fully saturated rings. The van der Waals surface area contributed by atoms with Gasteiger partial charge in [0.1, 0.15) is 18.2 Å². The maximum Gasteiger partial charge on any atom is 0.251 e. The number of ether oxygens (including phenoxy) is 2. The van der Waals surface area contributed by atoms with Crippen molar-refractivity contribution in [1.82, 2.24) is 9.62 Å². The van der Waals surface area contributed by atoms with E-state index in [0.29, 0.717) is 37.6 Å². The zero-order valence-corrected chi connectivity index (χ0v) is 19.3. The number of sulfonamides is 1. The summed E-state index contributed by atoms with van der Waals surface area (Å²) in [5.41, 5.74) is 2.02. The molecule has 1 aliphatic heterocycles. The van der Waals surface area contributed by atoms with Gasteiger partial charge in [-0.25, -0.2) is 12.8 Å². The molecule has 178 valence electrons. The van der Waals surface area contributed by atoms with Crippen molar-refractivity contribution in [3.63, 3.8) is 0 Å². The lowest BCUT2D eigenvalue weighted by molar-refractivity contribution is 0.0730. The number of halogens is 1. The van der Waals surface area contributed by atoms with Crippen LogP contribution in [-0.2, 0) is 27.9 Å². The second-order valence-electron chi connectivity index (χ2n) is 7.79. The number of hydrogen-bond donors (Lipinski definition) is 1. The van der Waals surface area contributed by atoms with E-state index in [1.807, 2.05) is 0 Å². The van der Waals surface area contributed by atoms with Crippen LogP contribution in [0.1, 0.15) is 21.5 Å². The van der Waals surface area contributed by atoms with Gasteiger partial charge in [0.2, 0.25) is 10.0 Å². The second-order valence-corrected chi connectivity index (χ2v) is 9.72. The highest BCUT2D eigenvalue weighted by Gasteiger charge is 2.26. The number of nitrogens with one attached hydrogen (secondary N) is 1. The lowest BCUT2D eigenvalue weighted by atomic mass is 10.2. The Kier molecular flexibility index (Phi) is 7.56. The third-order valence-corrected chi connectivity index (χ3v) is 7.31. The fraction of sp³-hybridized carbons (Fsp3) is 0.240. The first-order valence-electron chi connectivity index (χ1n) is 10.8. The van der Waals surface area contributed by atoms with Crippen LogP contribution in [0.2, 0.25) is 0 Å². The van der Waals surface area contributed by atoms with Crippen LogP contribution in [0.3, 0.4) is 0 Å². The Morgan fingerprint density at radius 1 is 0.971 bits per heavy atom. The van der Waals surface area contributed by atoms with E-state index in [2.05, 4.69) is 5.32 Å². The highest BCUT2D eigenvalue weighted by Crippen LogP contribution is 2.18. The van der Waals surface area contributed by atoms with Gasteiger partial charge in [-0.1, -0.05) is 30.3 Å². The molecule has 0 unspecified atom stereocenters. The molecule has 1 amide bonds. The molecule has 3 aromatic rings. The van der Waals surface area contributed by atoms with E-state index < -0.39 is 10.0 Å². The van der Waals surface area contributed by atoms with Crippen LogP contribution in [-0.4, -0.2) is 44.9 Å². The average molecular weight is 485 g/mol. The first-order chi connectivity index (χ1) is 16.4. The summed E-state index contributed by atoms with van der Waals surface area (Å²) in [6.07, 6.45) is 0. The standard InChI is InChI=1S/C25H25FN2O5S/c26-22-8-4-20(5-9-22)18-33-23-3-1-2-21(16-23)25(29)27-17-19-6-10-24(11-7-19)34(30,31)28-12-14-32-15-13-28/h1-11,16H,12-15,17-18H2,(H,27,29). The van der Waals surface area contributed by atoms with Gasteiger partial charge in [-0.2, -0.15) is 4.31 Å². The molecule has 1 aliphatic rings. The van der Waals surface area contributed by atoms with Crippen molar-refractivity contribution in [3.05, 3.63) is 95.3 Å². The predicted octanol–water partition coefficient (Wildman–Crippen LogP) is 3.36. The molecule has 1 saturated heterocycles. The van der Waals surface area contributed by atoms with Gasteiger partial charge in [-0.05, 0) is 53.6 Å². The van der Waals surface area contributed by atoms with E-state index in [-0.39, 0.29) is 29.8 Å². The van der Waals surface area contributed by atoms with Crippen LogP contribution in [0.25, 0.3) is 0 Å². The molecule has 1 heterocycles. The molecular formula is C25H25FN2O5S. The molecule has 7 nitrogen and oxygen atoms in total. The minimum absolute atomic E-state index is 0.218. The topological polar surface area (TPSA) is 84.9 Å². The van der Waals surface area contributed by atoms with Crippen molar-refractivity contribution in [2.24, 2.45) is 0 Å². The molecule has 0 bridgehead atoms. The van der Waals surface area contributed by atoms with Crippen LogP contribution in [0.5, 0.6) is 5.75 Å². The monoisotopic (exact) mass is 484 g/mol. The number of hydrogen-bond acceptors (Lipinski definition) is 5. The van der Waals surface area contributed by atoms with Crippen molar-refractivity contribution in [2.75, 3.05) is 26.3 Å². The maximum atomic E-state index is 13.0. The summed E-state index contributed by atoms with van der Waals surface area (Å²) in [5.74, 6) is -0.0670. The minimum Gasteiger partial charge on any atom is -0.489 e. The van der Waals surface area contributed by atoms with Crippen molar-refractivity contribution in [2.45, 2.75) is 18.0 Å². The van der Waals surface area contributed by atoms with Gasteiger partial charge >= 0.3 is 0 Å². The van der Waals surface area contributed by atoms with Crippen LogP contribution < -0.4 is 10.1 Å². The SMILES string of the molecule is O=C(NCc1ccc(S(=O)(=O)N2CCOCC2)cc1)c1cccc(OCc2ccc(F)cc2)c1. The molecule has 34 heavy (non-hydrogen) atoms. The first-order valence-corrected chi connectivity index (χ1v) is 12.3. The molecule has 9 heteroatoms. The highest BCUT2D eigenvalue weighted by atomic mass is 32.2. The number of morpholine rings is 1. The molecule has 1 N–H and O–H groups in total. The molecule has 0 spiro atoms. The number of benzene rings is 3. The number of carbonyl (C=O) groups is 1. The number of nitrogens with zero attached hydrogens (tertiary/aromatic N) is 1. The van der Waals surface area contributed by atoms with E-state index in [0.717, 1.165) is 11.1 Å². The van der Waals surface area contributed by atoms with Crippen molar-refractivity contribution in [1.29, 1.82) is 0 Å². The summed E-state index contributed by atoms with van der Waals surface area (Å²) in [4.78, 5) is 12.8. The molecule has 0 radical (unpaired) electrons. The Hall–Kier alpha value is -3.27. The van der Waals surface area contributed by atoms with Gasteiger partial charge in [-0.15, -0.1) is 0 Å². The molecule has 3 aromatic carbocycles. The maximum absolute atomic E-state index is 13.0. The molecule has 0 saturated carbocycles. The lowest BCUT2D eigenvalue weighted by Gasteiger charge is -2.26. The van der Waals surface area contributed by atoms with Gasteiger partial charge < -0.3 is 14.8 Å². The van der Waals surface area contributed by atoms with Gasteiger partial charge in [0.05, 0.1) is 18.1 Å². The van der Waals surface area contributed by atoms with E-state index in [1.165, 1.54) is 16.4 Å².